The van der Waals surface area contributed by atoms with Gasteiger partial charge in [0.25, 0.3) is 0 Å². The second-order valence-corrected chi connectivity index (χ2v) is 8.22. The maximum Gasteiger partial charge on any atom is 0.227 e. The van der Waals surface area contributed by atoms with Crippen molar-refractivity contribution in [2.45, 2.75) is 47.1 Å². The molecule has 1 atom stereocenters. The van der Waals surface area contributed by atoms with Gasteiger partial charge in [0.15, 0.2) is 0 Å². The Hall–Kier alpha value is -1.43. The summed E-state index contributed by atoms with van der Waals surface area (Å²) in [6, 6.07) is 0. The fraction of sp³-hybridized carbons (Fsp3) is 0.688. The number of rotatable bonds is 3. The molecule has 22 heavy (non-hydrogen) atoms. The monoisotopic (exact) mass is 323 g/mol. The summed E-state index contributed by atoms with van der Waals surface area (Å²) in [7, 11) is 0. The van der Waals surface area contributed by atoms with Crippen molar-refractivity contribution >= 4 is 23.2 Å². The second kappa shape index (κ2) is 6.77. The lowest BCUT2D eigenvalue weighted by atomic mass is 9.91. The molecule has 0 aliphatic carbocycles. The Morgan fingerprint density at radius 2 is 2.18 bits per heavy atom. The molecule has 1 aromatic rings. The van der Waals surface area contributed by atoms with Crippen LogP contribution in [0.3, 0.4) is 0 Å². The van der Waals surface area contributed by atoms with Gasteiger partial charge in [0.2, 0.25) is 11.8 Å². The number of aromatic nitrogens is 1. The summed E-state index contributed by atoms with van der Waals surface area (Å²) in [6.45, 7) is 9.53. The molecule has 1 saturated heterocycles. The first-order chi connectivity index (χ1) is 10.3. The van der Waals surface area contributed by atoms with Crippen LogP contribution in [-0.4, -0.2) is 34.8 Å². The topological polar surface area (TPSA) is 62.3 Å². The van der Waals surface area contributed by atoms with Gasteiger partial charge in [0, 0.05) is 29.6 Å². The fourth-order valence-corrected chi connectivity index (χ4v) is 3.39. The number of likely N-dealkylation sites (tertiary alicyclic amines) is 1. The van der Waals surface area contributed by atoms with Crippen LogP contribution in [0.1, 0.15) is 43.5 Å². The molecule has 0 saturated carbocycles. The molecule has 0 radical (unpaired) electrons. The van der Waals surface area contributed by atoms with E-state index < -0.39 is 5.41 Å². The minimum atomic E-state index is -0.390. The molecule has 1 unspecified atom stereocenters. The molecule has 1 aromatic heterocycles. The van der Waals surface area contributed by atoms with Crippen LogP contribution in [0.5, 0.6) is 0 Å². The van der Waals surface area contributed by atoms with Crippen LogP contribution >= 0.6 is 11.3 Å². The second-order valence-electron chi connectivity index (χ2n) is 6.90. The molecule has 6 heteroatoms. The summed E-state index contributed by atoms with van der Waals surface area (Å²) in [4.78, 5) is 31.8. The van der Waals surface area contributed by atoms with Gasteiger partial charge in [0.1, 0.15) is 0 Å². The summed E-state index contributed by atoms with van der Waals surface area (Å²) in [5, 5.41) is 3.98. The largest absolute Gasteiger partial charge is 0.351 e. The molecule has 1 fully saturated rings. The van der Waals surface area contributed by atoms with E-state index in [-0.39, 0.29) is 17.7 Å². The van der Waals surface area contributed by atoms with Gasteiger partial charge < -0.3 is 10.2 Å². The molecule has 122 valence electrons. The van der Waals surface area contributed by atoms with E-state index in [9.17, 15) is 9.59 Å². The Bertz CT molecular complexity index is 548. The molecule has 5 nitrogen and oxygen atoms in total. The molecular weight excluding hydrogens is 298 g/mol. The maximum atomic E-state index is 12.4. The smallest absolute Gasteiger partial charge is 0.227 e. The number of aryl methyl sites for hydroxylation is 1. The van der Waals surface area contributed by atoms with Crippen molar-refractivity contribution in [2.75, 3.05) is 13.1 Å². The first-order valence-corrected chi connectivity index (χ1v) is 8.57. The van der Waals surface area contributed by atoms with Gasteiger partial charge in [-0.05, 0) is 19.8 Å². The number of carbonyl (C=O) groups excluding carboxylic acids is 2. The zero-order chi connectivity index (χ0) is 16.3. The Morgan fingerprint density at radius 1 is 1.45 bits per heavy atom. The van der Waals surface area contributed by atoms with E-state index in [0.29, 0.717) is 13.1 Å². The van der Waals surface area contributed by atoms with Gasteiger partial charge in [-0.15, -0.1) is 11.3 Å². The summed E-state index contributed by atoms with van der Waals surface area (Å²) in [6.07, 6.45) is 3.54. The predicted octanol–water partition coefficient (Wildman–Crippen LogP) is 2.35. The average molecular weight is 323 g/mol. The highest BCUT2D eigenvalue weighted by Crippen LogP contribution is 2.23. The molecule has 0 spiro atoms. The van der Waals surface area contributed by atoms with Crippen molar-refractivity contribution in [3.63, 3.8) is 0 Å². The first kappa shape index (κ1) is 16.9. The van der Waals surface area contributed by atoms with Crippen LogP contribution in [0.4, 0.5) is 0 Å². The summed E-state index contributed by atoms with van der Waals surface area (Å²) < 4.78 is 0. The molecular formula is C16H25N3O2S. The third-order valence-electron chi connectivity index (χ3n) is 3.83. The van der Waals surface area contributed by atoms with E-state index in [4.69, 9.17) is 0 Å². The number of carbonyl (C=O) groups is 2. The van der Waals surface area contributed by atoms with Crippen LogP contribution in [0.25, 0.3) is 0 Å². The standard InChI is InChI=1S/C16H25N3O2S/c1-11-17-8-13(22-11)9-18-14(20)12-6-5-7-19(10-12)15(21)16(2,3)4/h8,12H,5-7,9-10H2,1-4H3,(H,18,20). The number of hydrogen-bond acceptors (Lipinski definition) is 4. The van der Waals surface area contributed by atoms with E-state index in [1.165, 1.54) is 0 Å². The van der Waals surface area contributed by atoms with Gasteiger partial charge in [-0.2, -0.15) is 0 Å². The Kier molecular flexibility index (Phi) is 5.21. The summed E-state index contributed by atoms with van der Waals surface area (Å²) >= 11 is 1.59. The van der Waals surface area contributed by atoms with E-state index in [2.05, 4.69) is 10.3 Å². The summed E-state index contributed by atoms with van der Waals surface area (Å²) in [5.41, 5.74) is -0.390. The molecule has 0 aromatic carbocycles. The number of thiazole rings is 1. The zero-order valence-corrected chi connectivity index (χ0v) is 14.6. The minimum Gasteiger partial charge on any atom is -0.351 e. The van der Waals surface area contributed by atoms with Gasteiger partial charge >= 0.3 is 0 Å². The van der Waals surface area contributed by atoms with Crippen LogP contribution < -0.4 is 5.32 Å². The minimum absolute atomic E-state index is 0.0393. The lowest BCUT2D eigenvalue weighted by Gasteiger charge is -2.35. The van der Waals surface area contributed by atoms with Gasteiger partial charge in [0.05, 0.1) is 17.5 Å². The highest BCUT2D eigenvalue weighted by Gasteiger charge is 2.33. The van der Waals surface area contributed by atoms with Crippen LogP contribution in [0, 0.1) is 18.3 Å². The molecule has 1 N–H and O–H groups in total. The van der Waals surface area contributed by atoms with E-state index >= 15 is 0 Å². The number of hydrogen-bond donors (Lipinski definition) is 1. The SMILES string of the molecule is Cc1ncc(CNC(=O)C2CCCN(C(=O)C(C)(C)C)C2)s1. The summed E-state index contributed by atoms with van der Waals surface area (Å²) in [5.74, 6) is 0.0645. The van der Waals surface area contributed by atoms with E-state index in [1.54, 1.807) is 17.5 Å². The van der Waals surface area contributed by atoms with Crippen LogP contribution in [0.15, 0.2) is 6.20 Å². The molecule has 2 amide bonds. The quantitative estimate of drug-likeness (QED) is 0.929. The van der Waals surface area contributed by atoms with Crippen molar-refractivity contribution < 1.29 is 9.59 Å². The third-order valence-corrected chi connectivity index (χ3v) is 4.74. The normalized spacial score (nSPS) is 19.1. The van der Waals surface area contributed by atoms with Crippen molar-refractivity contribution in [1.29, 1.82) is 0 Å². The molecule has 1 aliphatic heterocycles. The molecule has 0 bridgehead atoms. The average Bonchev–Trinajstić information content (AvgIpc) is 2.88. The number of nitrogens with zero attached hydrogens (tertiary/aromatic N) is 2. The van der Waals surface area contributed by atoms with Crippen LogP contribution in [-0.2, 0) is 16.1 Å². The highest BCUT2D eigenvalue weighted by atomic mass is 32.1. The predicted molar refractivity (Wildman–Crippen MR) is 87.5 cm³/mol. The molecule has 2 heterocycles. The number of amides is 2. The van der Waals surface area contributed by atoms with Crippen molar-refractivity contribution in [1.82, 2.24) is 15.2 Å². The van der Waals surface area contributed by atoms with Crippen molar-refractivity contribution in [3.05, 3.63) is 16.1 Å². The Balaban J connectivity index is 1.88. The first-order valence-electron chi connectivity index (χ1n) is 7.76. The van der Waals surface area contributed by atoms with Crippen molar-refractivity contribution in [2.24, 2.45) is 11.3 Å². The van der Waals surface area contributed by atoms with Gasteiger partial charge in [-0.1, -0.05) is 20.8 Å². The van der Waals surface area contributed by atoms with E-state index in [1.807, 2.05) is 32.6 Å². The Morgan fingerprint density at radius 3 is 2.77 bits per heavy atom. The Labute approximate surface area is 136 Å². The molecule has 2 rings (SSSR count). The lowest BCUT2D eigenvalue weighted by Crippen LogP contribution is -2.48. The lowest BCUT2D eigenvalue weighted by molar-refractivity contribution is -0.142. The van der Waals surface area contributed by atoms with Gasteiger partial charge in [-0.3, -0.25) is 9.59 Å². The van der Waals surface area contributed by atoms with Crippen molar-refractivity contribution in [3.8, 4) is 0 Å². The van der Waals surface area contributed by atoms with E-state index in [0.717, 1.165) is 29.3 Å². The number of piperidine rings is 1. The maximum absolute atomic E-state index is 12.4. The molecule has 1 aliphatic rings. The zero-order valence-electron chi connectivity index (χ0n) is 13.8. The number of nitrogens with one attached hydrogen (secondary N) is 1. The van der Waals surface area contributed by atoms with Crippen LogP contribution in [0.2, 0.25) is 0 Å². The van der Waals surface area contributed by atoms with Gasteiger partial charge in [-0.25, -0.2) is 4.98 Å². The highest BCUT2D eigenvalue weighted by molar-refractivity contribution is 7.11. The fourth-order valence-electron chi connectivity index (χ4n) is 2.66. The third kappa shape index (κ3) is 4.29.